The molecule has 5 heteroatoms. The smallest absolute Gasteiger partial charge is 0.123 e. The van der Waals surface area contributed by atoms with Crippen molar-refractivity contribution in [1.82, 2.24) is 14.9 Å². The second kappa shape index (κ2) is 7.36. The highest BCUT2D eigenvalue weighted by molar-refractivity contribution is 5.75. The number of benzene rings is 2. The molecule has 0 radical (unpaired) electrons. The second-order valence-electron chi connectivity index (χ2n) is 5.65. The molecule has 0 aliphatic carbocycles. The highest BCUT2D eigenvalue weighted by atomic mass is 16.5. The first-order valence-electron chi connectivity index (χ1n) is 8.06. The van der Waals surface area contributed by atoms with E-state index >= 15 is 0 Å². The van der Waals surface area contributed by atoms with Crippen LogP contribution in [0.3, 0.4) is 0 Å². The van der Waals surface area contributed by atoms with E-state index in [0.29, 0.717) is 0 Å². The molecular weight excluding hydrogens is 302 g/mol. The highest BCUT2D eigenvalue weighted by Crippen LogP contribution is 2.23. The Bertz CT molecular complexity index is 827. The van der Waals surface area contributed by atoms with Gasteiger partial charge in [-0.25, -0.2) is 4.98 Å². The topological polar surface area (TPSA) is 48.3 Å². The van der Waals surface area contributed by atoms with E-state index in [1.54, 1.807) is 14.2 Å². The molecule has 126 valence electrons. The van der Waals surface area contributed by atoms with Crippen LogP contribution in [0.15, 0.2) is 42.5 Å². The number of hydrogen-bond donors (Lipinski definition) is 1. The Labute approximate surface area is 142 Å². The van der Waals surface area contributed by atoms with Gasteiger partial charge in [0.1, 0.15) is 17.3 Å². The molecule has 5 nitrogen and oxygen atoms in total. The fourth-order valence-corrected chi connectivity index (χ4v) is 2.91. The zero-order chi connectivity index (χ0) is 16.9. The second-order valence-corrected chi connectivity index (χ2v) is 5.65. The first-order chi connectivity index (χ1) is 11.7. The van der Waals surface area contributed by atoms with E-state index < -0.39 is 0 Å². The van der Waals surface area contributed by atoms with Crippen molar-refractivity contribution in [2.45, 2.75) is 20.0 Å². The van der Waals surface area contributed by atoms with Crippen LogP contribution in [-0.4, -0.2) is 30.3 Å². The fraction of sp³-hybridized carbons (Fsp3) is 0.316. The lowest BCUT2D eigenvalue weighted by atomic mass is 10.2. The molecule has 0 spiro atoms. The molecule has 0 saturated heterocycles. The largest absolute Gasteiger partial charge is 0.497 e. The summed E-state index contributed by atoms with van der Waals surface area (Å²) in [7, 11) is 3.36. The number of nitrogens with one attached hydrogen (secondary N) is 1. The van der Waals surface area contributed by atoms with Gasteiger partial charge in [0.25, 0.3) is 0 Å². The molecule has 1 heterocycles. The Balaban J connectivity index is 1.64. The van der Waals surface area contributed by atoms with Crippen LogP contribution in [0.1, 0.15) is 11.4 Å². The zero-order valence-electron chi connectivity index (χ0n) is 14.4. The third kappa shape index (κ3) is 3.36. The van der Waals surface area contributed by atoms with Crippen molar-refractivity contribution < 1.29 is 9.47 Å². The lowest BCUT2D eigenvalue weighted by Gasteiger charge is -2.12. The third-order valence-corrected chi connectivity index (χ3v) is 4.16. The summed E-state index contributed by atoms with van der Waals surface area (Å²) in [4.78, 5) is 4.60. The molecule has 0 aliphatic heterocycles. The number of rotatable bonds is 7. The number of fused-ring (bicyclic) bond motifs is 1. The first kappa shape index (κ1) is 16.3. The molecule has 2 aromatic carbocycles. The monoisotopic (exact) mass is 325 g/mol. The maximum Gasteiger partial charge on any atom is 0.123 e. The average Bonchev–Trinajstić information content (AvgIpc) is 2.93. The molecule has 0 bridgehead atoms. The summed E-state index contributed by atoms with van der Waals surface area (Å²) in [6.07, 6.45) is 0. The van der Waals surface area contributed by atoms with Crippen LogP contribution >= 0.6 is 0 Å². The molecule has 0 atom stereocenters. The summed E-state index contributed by atoms with van der Waals surface area (Å²) < 4.78 is 12.9. The van der Waals surface area contributed by atoms with Crippen molar-refractivity contribution in [1.29, 1.82) is 0 Å². The van der Waals surface area contributed by atoms with Gasteiger partial charge in [-0.3, -0.25) is 0 Å². The predicted molar refractivity (Wildman–Crippen MR) is 95.7 cm³/mol. The van der Waals surface area contributed by atoms with Gasteiger partial charge in [0, 0.05) is 25.2 Å². The number of nitrogens with zero attached hydrogens (tertiary/aromatic N) is 2. The van der Waals surface area contributed by atoms with E-state index in [1.165, 1.54) is 5.52 Å². The van der Waals surface area contributed by atoms with Crippen LogP contribution in [0.5, 0.6) is 11.5 Å². The molecule has 1 N–H and O–H groups in total. The van der Waals surface area contributed by atoms with Crippen molar-refractivity contribution in [3.8, 4) is 11.5 Å². The predicted octanol–water partition coefficient (Wildman–Crippen LogP) is 3.15. The van der Waals surface area contributed by atoms with E-state index in [-0.39, 0.29) is 0 Å². The van der Waals surface area contributed by atoms with Gasteiger partial charge in [0.15, 0.2) is 0 Å². The summed E-state index contributed by atoms with van der Waals surface area (Å²) in [5.41, 5.74) is 3.31. The number of para-hydroxylation sites is 2. The maximum atomic E-state index is 5.41. The molecule has 24 heavy (non-hydrogen) atoms. The molecule has 0 unspecified atom stereocenters. The third-order valence-electron chi connectivity index (χ3n) is 4.16. The molecular formula is C19H23N3O2. The quantitative estimate of drug-likeness (QED) is 0.678. The lowest BCUT2D eigenvalue weighted by Crippen LogP contribution is -2.20. The van der Waals surface area contributed by atoms with Gasteiger partial charge >= 0.3 is 0 Å². The number of hydrogen-bond acceptors (Lipinski definition) is 4. The summed E-state index contributed by atoms with van der Waals surface area (Å²) >= 11 is 0. The van der Waals surface area contributed by atoms with Crippen LogP contribution in [-0.2, 0) is 13.1 Å². The van der Waals surface area contributed by atoms with Gasteiger partial charge in [0.05, 0.1) is 25.3 Å². The minimum absolute atomic E-state index is 0.728. The number of methoxy groups -OCH3 is 2. The standard InChI is InChI=1S/C19H23N3O2/c1-14-21-17-6-4-5-7-18(17)22(14)11-10-20-13-15-12-16(23-2)8-9-19(15)24-3/h4-9,12,20H,10-11,13H2,1-3H3. The van der Waals surface area contributed by atoms with Crippen LogP contribution in [0.25, 0.3) is 11.0 Å². The van der Waals surface area contributed by atoms with Gasteiger partial charge in [-0.05, 0) is 37.3 Å². The van der Waals surface area contributed by atoms with Crippen LogP contribution < -0.4 is 14.8 Å². The maximum absolute atomic E-state index is 5.41. The van der Waals surface area contributed by atoms with Crippen molar-refractivity contribution in [2.24, 2.45) is 0 Å². The van der Waals surface area contributed by atoms with Crippen LogP contribution in [0, 0.1) is 6.92 Å². The van der Waals surface area contributed by atoms with Gasteiger partial charge in [-0.15, -0.1) is 0 Å². The van der Waals surface area contributed by atoms with E-state index in [4.69, 9.17) is 9.47 Å². The van der Waals surface area contributed by atoms with Crippen molar-refractivity contribution in [2.75, 3.05) is 20.8 Å². The molecule has 0 saturated carbocycles. The summed E-state index contributed by atoms with van der Waals surface area (Å²) in [6, 6.07) is 14.1. The van der Waals surface area contributed by atoms with E-state index in [2.05, 4.69) is 27.0 Å². The average molecular weight is 325 g/mol. The molecule has 0 amide bonds. The van der Waals surface area contributed by atoms with Gasteiger partial charge in [0.2, 0.25) is 0 Å². The van der Waals surface area contributed by atoms with E-state index in [0.717, 1.165) is 48.0 Å². The molecule has 3 aromatic rings. The summed E-state index contributed by atoms with van der Waals surface area (Å²) in [5, 5.41) is 3.47. The van der Waals surface area contributed by atoms with E-state index in [1.807, 2.05) is 37.3 Å². The normalized spacial score (nSPS) is 11.0. The Morgan fingerprint density at radius 1 is 1.08 bits per heavy atom. The summed E-state index contributed by atoms with van der Waals surface area (Å²) in [6.45, 7) is 4.50. The minimum atomic E-state index is 0.728. The SMILES string of the molecule is COc1ccc(OC)c(CNCCn2c(C)nc3ccccc32)c1. The summed E-state index contributed by atoms with van der Waals surface area (Å²) in [5.74, 6) is 2.74. The number of ether oxygens (including phenoxy) is 2. The number of aryl methyl sites for hydroxylation is 1. The molecule has 0 aliphatic rings. The Hall–Kier alpha value is -2.53. The number of imidazole rings is 1. The Morgan fingerprint density at radius 3 is 2.71 bits per heavy atom. The Kier molecular flexibility index (Phi) is 5.01. The lowest BCUT2D eigenvalue weighted by molar-refractivity contribution is 0.397. The Morgan fingerprint density at radius 2 is 1.92 bits per heavy atom. The van der Waals surface area contributed by atoms with E-state index in [9.17, 15) is 0 Å². The molecule has 0 fully saturated rings. The number of aromatic nitrogens is 2. The zero-order valence-corrected chi connectivity index (χ0v) is 14.4. The van der Waals surface area contributed by atoms with Crippen molar-refractivity contribution in [3.05, 3.63) is 53.9 Å². The van der Waals surface area contributed by atoms with Crippen LogP contribution in [0.2, 0.25) is 0 Å². The van der Waals surface area contributed by atoms with Crippen LogP contribution in [0.4, 0.5) is 0 Å². The van der Waals surface area contributed by atoms with Gasteiger partial charge < -0.3 is 19.4 Å². The van der Waals surface area contributed by atoms with Gasteiger partial charge in [-0.2, -0.15) is 0 Å². The highest BCUT2D eigenvalue weighted by Gasteiger charge is 2.07. The first-order valence-corrected chi connectivity index (χ1v) is 8.06. The van der Waals surface area contributed by atoms with Crippen molar-refractivity contribution >= 4 is 11.0 Å². The molecule has 3 rings (SSSR count). The minimum Gasteiger partial charge on any atom is -0.497 e. The molecule has 1 aromatic heterocycles. The van der Waals surface area contributed by atoms with Crippen molar-refractivity contribution in [3.63, 3.8) is 0 Å². The fourth-order valence-electron chi connectivity index (χ4n) is 2.91. The van der Waals surface area contributed by atoms with Gasteiger partial charge in [-0.1, -0.05) is 12.1 Å².